The first-order chi connectivity index (χ1) is 13.5. The van der Waals surface area contributed by atoms with Crippen LogP contribution in [0.5, 0.6) is 5.75 Å². The van der Waals surface area contributed by atoms with Gasteiger partial charge in [0.2, 0.25) is 5.89 Å². The van der Waals surface area contributed by atoms with Crippen molar-refractivity contribution in [3.05, 3.63) is 54.0 Å². The number of nitrogens with zero attached hydrogens (tertiary/aromatic N) is 3. The van der Waals surface area contributed by atoms with Gasteiger partial charge in [0, 0.05) is 11.8 Å². The zero-order valence-electron chi connectivity index (χ0n) is 14.8. The van der Waals surface area contributed by atoms with Crippen molar-refractivity contribution in [2.45, 2.75) is 23.8 Å². The number of alkyl halides is 2. The molecule has 0 saturated heterocycles. The number of esters is 1. The number of hydrogen-bond acceptors (Lipinski definition) is 8. The molecule has 2 heterocycles. The smallest absolute Gasteiger partial charge is 0.341 e. The van der Waals surface area contributed by atoms with Crippen LogP contribution in [0.2, 0.25) is 0 Å². The van der Waals surface area contributed by atoms with Crippen LogP contribution in [0.3, 0.4) is 0 Å². The average Bonchev–Trinajstić information content (AvgIpc) is 3.18. The number of rotatable bonds is 7. The molecule has 1 unspecified atom stereocenters. The molecule has 0 spiro atoms. The predicted octanol–water partition coefficient (Wildman–Crippen LogP) is 4.37. The van der Waals surface area contributed by atoms with E-state index in [4.69, 9.17) is 13.9 Å². The minimum Gasteiger partial charge on any atom is -0.497 e. The van der Waals surface area contributed by atoms with Gasteiger partial charge in [-0.05, 0) is 55.1 Å². The highest BCUT2D eigenvalue weighted by Crippen LogP contribution is 2.29. The molecule has 3 aromatic rings. The van der Waals surface area contributed by atoms with Crippen molar-refractivity contribution in [2.24, 2.45) is 0 Å². The van der Waals surface area contributed by atoms with Crippen molar-refractivity contribution in [1.29, 1.82) is 0 Å². The molecule has 0 fully saturated rings. The summed E-state index contributed by atoms with van der Waals surface area (Å²) in [5.41, 5.74) is 0.607. The number of aromatic nitrogens is 3. The summed E-state index contributed by atoms with van der Waals surface area (Å²) in [6, 6.07) is 9.81. The molecule has 7 nitrogen and oxygen atoms in total. The Balaban J connectivity index is 1.72. The van der Waals surface area contributed by atoms with Gasteiger partial charge in [-0.1, -0.05) is 0 Å². The summed E-state index contributed by atoms with van der Waals surface area (Å²) in [7, 11) is 1.56. The number of ether oxygens (including phenoxy) is 2. The van der Waals surface area contributed by atoms with Gasteiger partial charge in [0.25, 0.3) is 11.6 Å². The maximum absolute atomic E-state index is 12.6. The van der Waals surface area contributed by atoms with Crippen LogP contribution in [0.15, 0.2) is 52.0 Å². The molecule has 0 saturated carbocycles. The van der Waals surface area contributed by atoms with Crippen LogP contribution < -0.4 is 4.74 Å². The van der Waals surface area contributed by atoms with Crippen molar-refractivity contribution >= 4 is 17.7 Å². The van der Waals surface area contributed by atoms with Crippen LogP contribution in [-0.2, 0) is 4.74 Å². The second-order valence-corrected chi connectivity index (χ2v) is 6.43. The third-order valence-corrected chi connectivity index (χ3v) is 4.33. The minimum absolute atomic E-state index is 0.0606. The third kappa shape index (κ3) is 4.63. The zero-order chi connectivity index (χ0) is 20.1. The Morgan fingerprint density at radius 3 is 2.61 bits per heavy atom. The molecule has 0 amide bonds. The number of carbonyl (C=O) groups is 1. The minimum atomic E-state index is -2.71. The number of hydrogen-bond donors (Lipinski definition) is 0. The zero-order valence-corrected chi connectivity index (χ0v) is 15.7. The van der Waals surface area contributed by atoms with E-state index in [1.807, 2.05) is 0 Å². The highest BCUT2D eigenvalue weighted by Gasteiger charge is 2.23. The maximum atomic E-state index is 12.6. The topological polar surface area (TPSA) is 87.3 Å². The van der Waals surface area contributed by atoms with Crippen LogP contribution in [0.25, 0.3) is 11.5 Å². The monoisotopic (exact) mass is 407 g/mol. The van der Waals surface area contributed by atoms with E-state index in [1.165, 1.54) is 18.3 Å². The Morgan fingerprint density at radius 2 is 1.93 bits per heavy atom. The lowest BCUT2D eigenvalue weighted by Gasteiger charge is -2.11. The van der Waals surface area contributed by atoms with Gasteiger partial charge in [-0.2, -0.15) is 8.78 Å². The van der Waals surface area contributed by atoms with E-state index in [0.717, 1.165) is 0 Å². The fourth-order valence-corrected chi connectivity index (χ4v) is 2.82. The standard InChI is InChI=1S/C18H15F2N3O4S/c1-10(26-17(24)13-4-3-9-21-16(13)28-18(19)20)14-22-23-15(27-14)11-5-7-12(25-2)8-6-11/h3-10,18H,1-2H3. The lowest BCUT2D eigenvalue weighted by molar-refractivity contribution is 0.0275. The second-order valence-electron chi connectivity index (χ2n) is 5.46. The Labute approximate surface area is 163 Å². The summed E-state index contributed by atoms with van der Waals surface area (Å²) < 4.78 is 41.2. The van der Waals surface area contributed by atoms with Crippen molar-refractivity contribution in [2.75, 3.05) is 7.11 Å². The number of benzene rings is 1. The summed E-state index contributed by atoms with van der Waals surface area (Å²) in [5.74, 6) is -2.52. The predicted molar refractivity (Wildman–Crippen MR) is 96.2 cm³/mol. The molecule has 0 aliphatic heterocycles. The van der Waals surface area contributed by atoms with E-state index < -0.39 is 17.8 Å². The van der Waals surface area contributed by atoms with Gasteiger partial charge >= 0.3 is 5.97 Å². The Kier molecular flexibility index (Phi) is 6.19. The molecule has 0 aliphatic carbocycles. The van der Waals surface area contributed by atoms with Crippen LogP contribution in [0.1, 0.15) is 29.3 Å². The van der Waals surface area contributed by atoms with Gasteiger partial charge in [-0.15, -0.1) is 10.2 Å². The average molecular weight is 407 g/mol. The fourth-order valence-electron chi connectivity index (χ4n) is 2.25. The molecule has 0 aliphatic rings. The summed E-state index contributed by atoms with van der Waals surface area (Å²) in [6.45, 7) is 1.54. The quantitative estimate of drug-likeness (QED) is 0.421. The van der Waals surface area contributed by atoms with Gasteiger partial charge in [-0.3, -0.25) is 0 Å². The van der Waals surface area contributed by atoms with E-state index in [-0.39, 0.29) is 34.1 Å². The molecule has 0 bridgehead atoms. The lowest BCUT2D eigenvalue weighted by Crippen LogP contribution is -2.11. The number of pyridine rings is 1. The first-order valence-corrected chi connectivity index (χ1v) is 8.94. The third-order valence-electron chi connectivity index (χ3n) is 3.60. The largest absolute Gasteiger partial charge is 0.497 e. The molecule has 0 radical (unpaired) electrons. The van der Waals surface area contributed by atoms with Crippen molar-refractivity contribution < 1.29 is 27.5 Å². The number of halogens is 2. The Bertz CT molecular complexity index is 950. The Hall–Kier alpha value is -3.01. The molecule has 146 valence electrons. The summed E-state index contributed by atoms with van der Waals surface area (Å²) in [5, 5.41) is 7.71. The first-order valence-electron chi connectivity index (χ1n) is 8.06. The molecule has 28 heavy (non-hydrogen) atoms. The van der Waals surface area contributed by atoms with Gasteiger partial charge in [0.05, 0.1) is 12.7 Å². The molecular formula is C18H15F2N3O4S. The van der Waals surface area contributed by atoms with Crippen LogP contribution in [0.4, 0.5) is 8.78 Å². The summed E-state index contributed by atoms with van der Waals surface area (Å²) in [6.07, 6.45) is 0.445. The molecule has 10 heteroatoms. The van der Waals surface area contributed by atoms with Crippen molar-refractivity contribution in [3.63, 3.8) is 0 Å². The molecule has 2 aromatic heterocycles. The van der Waals surface area contributed by atoms with Crippen molar-refractivity contribution in [1.82, 2.24) is 15.2 Å². The highest BCUT2D eigenvalue weighted by atomic mass is 32.2. The number of methoxy groups -OCH3 is 1. The fraction of sp³-hybridized carbons (Fsp3) is 0.222. The van der Waals surface area contributed by atoms with Crippen LogP contribution in [-0.4, -0.2) is 34.0 Å². The first kappa shape index (κ1) is 19.7. The molecular weight excluding hydrogens is 392 g/mol. The van der Waals surface area contributed by atoms with Crippen molar-refractivity contribution in [3.8, 4) is 17.2 Å². The van der Waals surface area contributed by atoms with E-state index >= 15 is 0 Å². The summed E-state index contributed by atoms with van der Waals surface area (Å²) in [4.78, 5) is 16.2. The highest BCUT2D eigenvalue weighted by molar-refractivity contribution is 7.99. The van der Waals surface area contributed by atoms with Gasteiger partial charge in [0.15, 0.2) is 6.10 Å². The van der Waals surface area contributed by atoms with Crippen LogP contribution in [0, 0.1) is 0 Å². The Morgan fingerprint density at radius 1 is 1.18 bits per heavy atom. The number of thioether (sulfide) groups is 1. The molecule has 0 N–H and O–H groups in total. The maximum Gasteiger partial charge on any atom is 0.341 e. The molecule has 1 aromatic carbocycles. The second kappa shape index (κ2) is 8.79. The van der Waals surface area contributed by atoms with Gasteiger partial charge in [0.1, 0.15) is 10.8 Å². The van der Waals surface area contributed by atoms with E-state index in [0.29, 0.717) is 11.3 Å². The normalized spacial score (nSPS) is 12.0. The molecule has 3 rings (SSSR count). The van der Waals surface area contributed by atoms with Gasteiger partial charge in [-0.25, -0.2) is 9.78 Å². The van der Waals surface area contributed by atoms with Crippen LogP contribution >= 0.6 is 11.8 Å². The lowest BCUT2D eigenvalue weighted by atomic mass is 10.2. The number of carbonyl (C=O) groups excluding carboxylic acids is 1. The summed E-state index contributed by atoms with van der Waals surface area (Å²) >= 11 is 0.174. The molecule has 1 atom stereocenters. The SMILES string of the molecule is COc1ccc(-c2nnc(C(C)OC(=O)c3cccnc3SC(F)F)o2)cc1. The van der Waals surface area contributed by atoms with E-state index in [2.05, 4.69) is 15.2 Å². The van der Waals surface area contributed by atoms with Gasteiger partial charge < -0.3 is 13.9 Å². The van der Waals surface area contributed by atoms with E-state index in [1.54, 1.807) is 38.3 Å². The van der Waals surface area contributed by atoms with E-state index in [9.17, 15) is 13.6 Å².